The molecule has 0 bridgehead atoms. The molecule has 6 nitrogen and oxygen atoms in total. The summed E-state index contributed by atoms with van der Waals surface area (Å²) in [5.74, 6) is 0. The molecule has 2 rings (SSSR count). The Hall–Kier alpha value is -1.46. The number of sulfonamides is 1. The number of nitrogens with zero attached hydrogens (tertiary/aromatic N) is 2. The van der Waals surface area contributed by atoms with Crippen LogP contribution in [0.1, 0.15) is 12.5 Å². The Kier molecular flexibility index (Phi) is 5.31. The first-order chi connectivity index (χ1) is 10.0. The highest BCUT2D eigenvalue weighted by molar-refractivity contribution is 7.89. The number of morpholine rings is 1. The van der Waals surface area contributed by atoms with E-state index in [0.29, 0.717) is 25.3 Å². The third-order valence-electron chi connectivity index (χ3n) is 3.29. The van der Waals surface area contributed by atoms with Crippen molar-refractivity contribution in [2.24, 2.45) is 0 Å². The van der Waals surface area contributed by atoms with Crippen LogP contribution < -0.4 is 4.72 Å². The van der Waals surface area contributed by atoms with Crippen molar-refractivity contribution in [1.82, 2.24) is 9.62 Å². The Labute approximate surface area is 125 Å². The topological polar surface area (TPSA) is 82.4 Å². The molecule has 1 aliphatic rings. The number of hydrogen-bond acceptors (Lipinski definition) is 5. The van der Waals surface area contributed by atoms with Crippen LogP contribution in [0.3, 0.4) is 0 Å². The van der Waals surface area contributed by atoms with Crippen molar-refractivity contribution in [1.29, 1.82) is 5.26 Å². The highest BCUT2D eigenvalue weighted by Crippen LogP contribution is 2.11. The van der Waals surface area contributed by atoms with Crippen LogP contribution in [0.15, 0.2) is 29.2 Å². The average Bonchev–Trinajstić information content (AvgIpc) is 2.47. The van der Waals surface area contributed by atoms with Gasteiger partial charge in [0.15, 0.2) is 0 Å². The van der Waals surface area contributed by atoms with Gasteiger partial charge in [-0.05, 0) is 31.2 Å². The molecule has 1 atom stereocenters. The van der Waals surface area contributed by atoms with Gasteiger partial charge in [-0.1, -0.05) is 0 Å². The van der Waals surface area contributed by atoms with Crippen LogP contribution in [0.25, 0.3) is 0 Å². The summed E-state index contributed by atoms with van der Waals surface area (Å²) >= 11 is 0. The lowest BCUT2D eigenvalue weighted by Gasteiger charge is -2.29. The number of benzene rings is 1. The van der Waals surface area contributed by atoms with Gasteiger partial charge in [0.25, 0.3) is 0 Å². The van der Waals surface area contributed by atoms with Gasteiger partial charge in [0.05, 0.1) is 29.7 Å². The number of ether oxygens (including phenoxy) is 1. The minimum absolute atomic E-state index is 0.176. The number of rotatable bonds is 5. The summed E-state index contributed by atoms with van der Waals surface area (Å²) in [5, 5.41) is 8.73. The van der Waals surface area contributed by atoms with Gasteiger partial charge < -0.3 is 4.74 Å². The maximum atomic E-state index is 12.2. The molecule has 0 radical (unpaired) electrons. The number of nitriles is 1. The van der Waals surface area contributed by atoms with Gasteiger partial charge in [-0.15, -0.1) is 0 Å². The monoisotopic (exact) mass is 309 g/mol. The molecule has 0 amide bonds. The largest absolute Gasteiger partial charge is 0.379 e. The van der Waals surface area contributed by atoms with Gasteiger partial charge in [0, 0.05) is 25.7 Å². The highest BCUT2D eigenvalue weighted by Gasteiger charge is 2.20. The summed E-state index contributed by atoms with van der Waals surface area (Å²) in [4.78, 5) is 2.35. The van der Waals surface area contributed by atoms with E-state index >= 15 is 0 Å². The van der Waals surface area contributed by atoms with E-state index in [1.54, 1.807) is 0 Å². The van der Waals surface area contributed by atoms with Crippen molar-refractivity contribution in [3.8, 4) is 6.07 Å². The van der Waals surface area contributed by atoms with E-state index in [2.05, 4.69) is 9.62 Å². The molecule has 1 fully saturated rings. The first-order valence-corrected chi connectivity index (χ1v) is 8.32. The molecule has 114 valence electrons. The van der Waals surface area contributed by atoms with Gasteiger partial charge in [0.2, 0.25) is 10.0 Å². The SMILES string of the molecule is C[C@H](CN1CCOCC1)NS(=O)(=O)c1ccc(C#N)cc1. The molecule has 1 heterocycles. The molecule has 7 heteroatoms. The van der Waals surface area contributed by atoms with Crippen LogP contribution >= 0.6 is 0 Å². The van der Waals surface area contributed by atoms with Crippen molar-refractivity contribution in [3.05, 3.63) is 29.8 Å². The van der Waals surface area contributed by atoms with Gasteiger partial charge in [-0.2, -0.15) is 5.26 Å². The van der Waals surface area contributed by atoms with E-state index < -0.39 is 10.0 Å². The maximum absolute atomic E-state index is 12.2. The van der Waals surface area contributed by atoms with E-state index in [1.807, 2.05) is 13.0 Å². The van der Waals surface area contributed by atoms with Crippen molar-refractivity contribution in [3.63, 3.8) is 0 Å². The molecule has 0 aliphatic carbocycles. The Bertz CT molecular complexity index is 601. The molecular weight excluding hydrogens is 290 g/mol. The fourth-order valence-corrected chi connectivity index (χ4v) is 3.48. The minimum Gasteiger partial charge on any atom is -0.379 e. The zero-order chi connectivity index (χ0) is 15.3. The van der Waals surface area contributed by atoms with E-state index in [1.165, 1.54) is 24.3 Å². The fraction of sp³-hybridized carbons (Fsp3) is 0.500. The van der Waals surface area contributed by atoms with E-state index in [-0.39, 0.29) is 10.9 Å². The van der Waals surface area contributed by atoms with Gasteiger partial charge in [-0.3, -0.25) is 4.90 Å². The zero-order valence-corrected chi connectivity index (χ0v) is 12.8. The van der Waals surface area contributed by atoms with E-state index in [9.17, 15) is 8.42 Å². The summed E-state index contributed by atoms with van der Waals surface area (Å²) in [6.45, 7) is 5.52. The quantitative estimate of drug-likeness (QED) is 0.859. The maximum Gasteiger partial charge on any atom is 0.240 e. The normalized spacial score (nSPS) is 18.1. The first-order valence-electron chi connectivity index (χ1n) is 6.84. The van der Waals surface area contributed by atoms with Crippen LogP contribution in [0.4, 0.5) is 0 Å². The minimum atomic E-state index is -3.55. The molecule has 1 aromatic rings. The fourth-order valence-electron chi connectivity index (χ4n) is 2.25. The lowest BCUT2D eigenvalue weighted by molar-refractivity contribution is 0.0354. The summed E-state index contributed by atoms with van der Waals surface area (Å²) < 4.78 is 32.4. The lowest BCUT2D eigenvalue weighted by Crippen LogP contribution is -2.45. The molecule has 21 heavy (non-hydrogen) atoms. The molecule has 0 spiro atoms. The summed E-state index contributed by atoms with van der Waals surface area (Å²) in [7, 11) is -3.55. The van der Waals surface area contributed by atoms with Crippen LogP contribution in [0, 0.1) is 11.3 Å². The number of nitrogens with one attached hydrogen (secondary N) is 1. The van der Waals surface area contributed by atoms with Crippen LogP contribution in [0.5, 0.6) is 0 Å². The lowest BCUT2D eigenvalue weighted by atomic mass is 10.2. The van der Waals surface area contributed by atoms with Crippen LogP contribution in [0.2, 0.25) is 0 Å². The Balaban J connectivity index is 1.97. The zero-order valence-electron chi connectivity index (χ0n) is 11.9. The Morgan fingerprint density at radius 2 is 1.95 bits per heavy atom. The first kappa shape index (κ1) is 15.9. The predicted molar refractivity (Wildman–Crippen MR) is 78.2 cm³/mol. The summed E-state index contributed by atoms with van der Waals surface area (Å²) in [6, 6.07) is 7.67. The van der Waals surface area contributed by atoms with Crippen molar-refractivity contribution < 1.29 is 13.2 Å². The summed E-state index contributed by atoms with van der Waals surface area (Å²) in [5.41, 5.74) is 0.440. The molecule has 1 N–H and O–H groups in total. The third kappa shape index (κ3) is 4.51. The predicted octanol–water partition coefficient (Wildman–Crippen LogP) is 0.557. The molecule has 1 aliphatic heterocycles. The second-order valence-electron chi connectivity index (χ2n) is 5.07. The second-order valence-corrected chi connectivity index (χ2v) is 6.79. The smallest absolute Gasteiger partial charge is 0.240 e. The van der Waals surface area contributed by atoms with Crippen molar-refractivity contribution >= 4 is 10.0 Å². The van der Waals surface area contributed by atoms with Crippen LogP contribution in [-0.4, -0.2) is 52.2 Å². The standard InChI is InChI=1S/C14H19N3O3S/c1-12(11-17-6-8-20-9-7-17)16-21(18,19)14-4-2-13(10-15)3-5-14/h2-5,12,16H,6-9,11H2,1H3/t12-/m1/s1. The van der Waals surface area contributed by atoms with Crippen molar-refractivity contribution in [2.45, 2.75) is 17.9 Å². The summed E-state index contributed by atoms with van der Waals surface area (Å²) in [6.07, 6.45) is 0. The molecule has 0 unspecified atom stereocenters. The van der Waals surface area contributed by atoms with E-state index in [4.69, 9.17) is 10.00 Å². The molecule has 1 saturated heterocycles. The Morgan fingerprint density at radius 3 is 2.52 bits per heavy atom. The molecule has 0 aromatic heterocycles. The molecule has 0 saturated carbocycles. The number of hydrogen-bond donors (Lipinski definition) is 1. The second kappa shape index (κ2) is 7.00. The Morgan fingerprint density at radius 1 is 1.33 bits per heavy atom. The van der Waals surface area contributed by atoms with Crippen molar-refractivity contribution in [2.75, 3.05) is 32.8 Å². The van der Waals surface area contributed by atoms with Gasteiger partial charge >= 0.3 is 0 Å². The van der Waals surface area contributed by atoms with Gasteiger partial charge in [-0.25, -0.2) is 13.1 Å². The highest BCUT2D eigenvalue weighted by atomic mass is 32.2. The van der Waals surface area contributed by atoms with Crippen LogP contribution in [-0.2, 0) is 14.8 Å². The average molecular weight is 309 g/mol. The third-order valence-corrected chi connectivity index (χ3v) is 4.89. The molecule has 1 aromatic carbocycles. The van der Waals surface area contributed by atoms with Gasteiger partial charge in [0.1, 0.15) is 0 Å². The molecular formula is C14H19N3O3S. The van der Waals surface area contributed by atoms with E-state index in [0.717, 1.165) is 13.1 Å².